The van der Waals surface area contributed by atoms with Gasteiger partial charge in [-0.1, -0.05) is 32.1 Å². The Morgan fingerprint density at radius 2 is 1.46 bits per heavy atom. The molecule has 6 aliphatic carbocycles. The monoisotopic (exact) mass is 772 g/mol. The number of amides is 1. The largest absolute Gasteiger partial charge is 0.390 e. The number of alkyl halides is 4. The molecule has 15 atom stereocenters. The van der Waals surface area contributed by atoms with Crippen molar-refractivity contribution in [1.82, 2.24) is 16.1 Å². The summed E-state index contributed by atoms with van der Waals surface area (Å²) in [6.07, 6.45) is 17.8. The van der Waals surface area contributed by atoms with Crippen LogP contribution in [0.5, 0.6) is 0 Å². The Morgan fingerprint density at radius 1 is 0.760 bits per heavy atom. The zero-order valence-electron chi connectivity index (χ0n) is 29.0. The Morgan fingerprint density at radius 3 is 2.24 bits per heavy atom. The fourth-order valence-electron chi connectivity index (χ4n) is 11.7. The summed E-state index contributed by atoms with van der Waals surface area (Å²) in [6.45, 7) is 0.521. The number of hydroxylamine groups is 1. The maximum absolute atomic E-state index is 12.9. The van der Waals surface area contributed by atoms with Crippen molar-refractivity contribution in [3.8, 4) is 0 Å². The van der Waals surface area contributed by atoms with Gasteiger partial charge in [-0.2, -0.15) is 15.7 Å². The predicted octanol–water partition coefficient (Wildman–Crippen LogP) is 6.73. The Kier molecular flexibility index (Phi) is 11.6. The number of carbonyl (C=O) groups is 1. The van der Waals surface area contributed by atoms with E-state index < -0.39 is 33.5 Å². The molecule has 0 bridgehead atoms. The van der Waals surface area contributed by atoms with E-state index in [1.165, 1.54) is 70.6 Å². The van der Waals surface area contributed by atoms with Gasteiger partial charge in [-0.25, -0.2) is 0 Å². The number of carbonyl (C=O) groups excluding carboxylic acids is 1. The van der Waals surface area contributed by atoms with Crippen LogP contribution in [0.2, 0.25) is 0 Å². The van der Waals surface area contributed by atoms with E-state index in [9.17, 15) is 9.90 Å². The van der Waals surface area contributed by atoms with Gasteiger partial charge in [0, 0.05) is 35.9 Å². The van der Waals surface area contributed by atoms with Gasteiger partial charge in [0.05, 0.1) is 52.2 Å². The Hall–Kier alpha value is -0.260. The number of azo groups is 1. The zero-order chi connectivity index (χ0) is 34.5. The van der Waals surface area contributed by atoms with Crippen molar-refractivity contribution in [2.75, 3.05) is 6.61 Å². The summed E-state index contributed by atoms with van der Waals surface area (Å²) in [5.74, 6) is 1.89. The molecule has 2 saturated heterocycles. The third kappa shape index (κ3) is 7.15. The minimum atomic E-state index is -0.597. The number of hydrogen-bond donors (Lipinski definition) is 4. The lowest BCUT2D eigenvalue weighted by Gasteiger charge is -2.50. The van der Waals surface area contributed by atoms with Crippen LogP contribution in [0.1, 0.15) is 103 Å². The van der Waals surface area contributed by atoms with Gasteiger partial charge < -0.3 is 20.6 Å². The molecular weight excluding hydrogens is 718 g/mol. The van der Waals surface area contributed by atoms with E-state index in [1.807, 2.05) is 0 Å². The predicted molar refractivity (Wildman–Crippen MR) is 198 cm³/mol. The highest BCUT2D eigenvalue weighted by atomic mass is 35.5. The summed E-state index contributed by atoms with van der Waals surface area (Å²) in [4.78, 5) is 24.0. The molecule has 50 heavy (non-hydrogen) atoms. The van der Waals surface area contributed by atoms with Gasteiger partial charge in [0.2, 0.25) is 5.91 Å². The molecule has 0 aromatic rings. The van der Waals surface area contributed by atoms with Gasteiger partial charge in [0.1, 0.15) is 11.9 Å². The summed E-state index contributed by atoms with van der Waals surface area (Å²) in [7, 11) is 0. The number of rotatable bonds is 7. The van der Waals surface area contributed by atoms with E-state index in [0.29, 0.717) is 48.3 Å². The lowest BCUT2D eigenvalue weighted by atomic mass is 9.58. The van der Waals surface area contributed by atoms with Crippen molar-refractivity contribution in [3.05, 3.63) is 0 Å². The van der Waals surface area contributed by atoms with Crippen molar-refractivity contribution in [3.63, 3.8) is 0 Å². The zero-order valence-corrected chi connectivity index (χ0v) is 32.1. The Bertz CT molecular complexity index is 1270. The first-order chi connectivity index (χ1) is 24.3. The number of fused-ring (bicyclic) bond motifs is 6. The second-order valence-electron chi connectivity index (χ2n) is 17.1. The van der Waals surface area contributed by atoms with Crippen LogP contribution in [0, 0.1) is 41.4 Å². The van der Waals surface area contributed by atoms with Crippen molar-refractivity contribution in [2.45, 2.75) is 167 Å². The van der Waals surface area contributed by atoms with Crippen molar-refractivity contribution < 1.29 is 14.7 Å². The van der Waals surface area contributed by atoms with Crippen LogP contribution in [-0.4, -0.2) is 87.3 Å². The van der Waals surface area contributed by atoms with Gasteiger partial charge in [-0.05, 0) is 88.4 Å². The first-order valence-electron chi connectivity index (χ1n) is 19.9. The summed E-state index contributed by atoms with van der Waals surface area (Å²) < 4.78 is 0. The molecule has 6 saturated carbocycles. The molecule has 15 unspecified atom stereocenters. The fraction of sp³-hybridized carbons (Fsp3) is 0.946. The number of halogens is 4. The minimum Gasteiger partial charge on any atom is -0.390 e. The normalized spacial score (nSPS) is 50.5. The minimum absolute atomic E-state index is 0.0494. The Balaban J connectivity index is 0.938. The standard InChI is InChI=1S/C37H56Cl4N6O3/c38-29-27-28(30(39)32(41)31(29)40)37(49)44-36(27)42-20-11-13-21(14-12-20)45-46-34-26-18(10-15-24-23-8-4-5-9-25(23)43-33(24)26)16-19(35(34)48)17-50-47-22-6-2-1-3-7-22/h18-35,43,47-48H,1-17H2,(H,42,44,49). The van der Waals surface area contributed by atoms with Gasteiger partial charge in [-0.15, -0.1) is 46.4 Å². The van der Waals surface area contributed by atoms with Crippen LogP contribution in [-0.2, 0) is 9.63 Å². The maximum atomic E-state index is 12.9. The second kappa shape index (κ2) is 15.8. The lowest BCUT2D eigenvalue weighted by molar-refractivity contribution is -0.123. The number of aliphatic imine (C=N–C) groups is 1. The first kappa shape index (κ1) is 36.7. The number of nitrogens with zero attached hydrogens (tertiary/aromatic N) is 3. The number of aliphatic hydroxyl groups excluding tert-OH is 1. The topological polar surface area (TPSA) is 120 Å². The van der Waals surface area contributed by atoms with Gasteiger partial charge in [0.15, 0.2) is 0 Å². The number of nitrogens with one attached hydrogen (secondary N) is 3. The first-order valence-corrected chi connectivity index (χ1v) is 21.7. The van der Waals surface area contributed by atoms with E-state index in [2.05, 4.69) is 16.1 Å². The van der Waals surface area contributed by atoms with Gasteiger partial charge >= 0.3 is 0 Å². The molecule has 0 spiro atoms. The SMILES string of the molecule is O=C1NC(=NC2CCC(N=NC3C(O)C(CONC4CCCCC4)CC4CCC5C6CCCCC6NC5C43)CC2)C2C(Cl)C(Cl)C(Cl)C(Cl)C12. The molecular formula is C37H56Cl4N6O3. The highest BCUT2D eigenvalue weighted by Crippen LogP contribution is 2.53. The van der Waals surface area contributed by atoms with E-state index >= 15 is 0 Å². The lowest BCUT2D eigenvalue weighted by Crippen LogP contribution is -2.58. The molecule has 8 rings (SSSR count). The summed E-state index contributed by atoms with van der Waals surface area (Å²) in [5.41, 5.74) is 3.35. The van der Waals surface area contributed by atoms with E-state index in [-0.39, 0.29) is 35.9 Å². The molecule has 8 aliphatic rings. The Labute approximate surface area is 317 Å². The third-order valence-corrected chi connectivity index (χ3v) is 16.8. The van der Waals surface area contributed by atoms with Crippen LogP contribution in [0.25, 0.3) is 0 Å². The van der Waals surface area contributed by atoms with Crippen molar-refractivity contribution >= 4 is 58.1 Å². The molecule has 0 aromatic carbocycles. The van der Waals surface area contributed by atoms with Crippen molar-refractivity contribution in [1.29, 1.82) is 0 Å². The van der Waals surface area contributed by atoms with Gasteiger partial charge in [0.25, 0.3) is 0 Å². The molecule has 13 heteroatoms. The maximum Gasteiger partial charge on any atom is 0.230 e. The summed E-state index contributed by atoms with van der Waals surface area (Å²) in [6, 6.07) is 1.40. The van der Waals surface area contributed by atoms with Crippen LogP contribution < -0.4 is 16.1 Å². The quantitative estimate of drug-likeness (QED) is 0.130. The molecule has 2 aliphatic heterocycles. The van der Waals surface area contributed by atoms with E-state index in [0.717, 1.165) is 38.0 Å². The van der Waals surface area contributed by atoms with Crippen LogP contribution in [0.15, 0.2) is 15.2 Å². The summed E-state index contributed by atoms with van der Waals surface area (Å²) >= 11 is 26.3. The van der Waals surface area contributed by atoms with Crippen LogP contribution in [0.4, 0.5) is 0 Å². The van der Waals surface area contributed by atoms with Crippen molar-refractivity contribution in [2.24, 2.45) is 56.6 Å². The number of amidine groups is 1. The third-order valence-electron chi connectivity index (χ3n) is 14.3. The van der Waals surface area contributed by atoms with Crippen LogP contribution in [0.3, 0.4) is 0 Å². The average Bonchev–Trinajstić information content (AvgIpc) is 3.67. The molecule has 8 fully saturated rings. The number of hydrogen-bond acceptors (Lipinski definition) is 8. The molecule has 4 N–H and O–H groups in total. The van der Waals surface area contributed by atoms with E-state index in [4.69, 9.17) is 66.5 Å². The van der Waals surface area contributed by atoms with Crippen LogP contribution >= 0.6 is 46.4 Å². The smallest absolute Gasteiger partial charge is 0.230 e. The highest BCUT2D eigenvalue weighted by Gasteiger charge is 2.58. The molecule has 0 radical (unpaired) electrons. The molecule has 9 nitrogen and oxygen atoms in total. The highest BCUT2D eigenvalue weighted by molar-refractivity contribution is 6.40. The fourth-order valence-corrected chi connectivity index (χ4v) is 13.3. The molecule has 2 heterocycles. The number of aliphatic hydroxyl groups is 1. The molecule has 280 valence electrons. The van der Waals surface area contributed by atoms with E-state index in [1.54, 1.807) is 0 Å². The van der Waals surface area contributed by atoms with Gasteiger partial charge in [-0.3, -0.25) is 9.79 Å². The second-order valence-corrected chi connectivity index (χ2v) is 19.1. The summed E-state index contributed by atoms with van der Waals surface area (Å²) in [5, 5.41) is 27.0. The average molecular weight is 775 g/mol. The molecule has 0 aromatic heterocycles. The molecule has 1 amide bonds.